The first-order valence-electron chi connectivity index (χ1n) is 6.05. The average molecular weight is 229 g/mol. The van der Waals surface area contributed by atoms with Gasteiger partial charge in [0.05, 0.1) is 6.04 Å². The van der Waals surface area contributed by atoms with Gasteiger partial charge in [0.25, 0.3) is 0 Å². The molecule has 2 N–H and O–H groups in total. The summed E-state index contributed by atoms with van der Waals surface area (Å²) in [6, 6.07) is -0.352. The number of likely N-dealkylation sites (N-methyl/N-ethyl adjacent to an activating group) is 1. The molecule has 0 fully saturated rings. The van der Waals surface area contributed by atoms with Gasteiger partial charge in [-0.15, -0.1) is 0 Å². The zero-order valence-corrected chi connectivity index (χ0v) is 11.4. The summed E-state index contributed by atoms with van der Waals surface area (Å²) in [7, 11) is 5.90. The maximum atomic E-state index is 11.9. The number of hydrogen-bond acceptors (Lipinski definition) is 3. The number of amides is 1. The smallest absolute Gasteiger partial charge is 0.239 e. The molecular weight excluding hydrogens is 202 g/mol. The van der Waals surface area contributed by atoms with Crippen LogP contribution in [0.5, 0.6) is 0 Å². The Hall–Kier alpha value is -0.610. The predicted octanol–water partition coefficient (Wildman–Crippen LogP) is 0.770. The molecule has 0 aliphatic carbocycles. The fourth-order valence-corrected chi connectivity index (χ4v) is 1.49. The van der Waals surface area contributed by atoms with E-state index in [0.717, 1.165) is 25.9 Å². The molecule has 4 heteroatoms. The van der Waals surface area contributed by atoms with E-state index in [1.807, 2.05) is 28.1 Å². The second-order valence-electron chi connectivity index (χ2n) is 4.83. The van der Waals surface area contributed by atoms with Gasteiger partial charge in [-0.1, -0.05) is 20.3 Å². The second kappa shape index (κ2) is 7.63. The molecule has 0 aromatic heterocycles. The summed E-state index contributed by atoms with van der Waals surface area (Å²) in [5.74, 6) is 0.317. The lowest BCUT2D eigenvalue weighted by atomic mass is 9.99. The average Bonchev–Trinajstić information content (AvgIpc) is 2.25. The molecule has 0 aromatic carbocycles. The summed E-state index contributed by atoms with van der Waals surface area (Å²) in [5.41, 5.74) is 5.90. The van der Waals surface area contributed by atoms with E-state index in [1.165, 1.54) is 0 Å². The van der Waals surface area contributed by atoms with Gasteiger partial charge in [-0.2, -0.15) is 0 Å². The second-order valence-corrected chi connectivity index (χ2v) is 4.83. The zero-order valence-electron chi connectivity index (χ0n) is 11.4. The standard InChI is InChI=1S/C12H27N3O/c1-6-10(2)11(13)12(16)15(5)9-7-8-14(3)4/h10-11H,6-9,13H2,1-5H3. The third-order valence-electron chi connectivity index (χ3n) is 3.02. The predicted molar refractivity (Wildman–Crippen MR) is 68.2 cm³/mol. The molecule has 1 amide bonds. The van der Waals surface area contributed by atoms with Crippen molar-refractivity contribution >= 4 is 5.91 Å². The number of rotatable bonds is 7. The highest BCUT2D eigenvalue weighted by atomic mass is 16.2. The van der Waals surface area contributed by atoms with Crippen LogP contribution < -0.4 is 5.73 Å². The van der Waals surface area contributed by atoms with Gasteiger partial charge in [0.2, 0.25) is 5.91 Å². The van der Waals surface area contributed by atoms with Crippen LogP contribution in [-0.2, 0) is 4.79 Å². The van der Waals surface area contributed by atoms with Crippen LogP contribution in [0.25, 0.3) is 0 Å². The summed E-state index contributed by atoms with van der Waals surface area (Å²) < 4.78 is 0. The minimum atomic E-state index is -0.352. The maximum absolute atomic E-state index is 11.9. The Morgan fingerprint density at radius 1 is 1.25 bits per heavy atom. The zero-order chi connectivity index (χ0) is 12.7. The van der Waals surface area contributed by atoms with Gasteiger partial charge in [-0.3, -0.25) is 4.79 Å². The first kappa shape index (κ1) is 15.4. The topological polar surface area (TPSA) is 49.6 Å². The Bertz CT molecular complexity index is 206. The van der Waals surface area contributed by atoms with Gasteiger partial charge in [-0.05, 0) is 33.0 Å². The Kier molecular flexibility index (Phi) is 7.34. The molecule has 2 unspecified atom stereocenters. The molecule has 96 valence electrons. The van der Waals surface area contributed by atoms with Crippen LogP contribution in [0.3, 0.4) is 0 Å². The largest absolute Gasteiger partial charge is 0.344 e. The molecule has 0 aromatic rings. The lowest BCUT2D eigenvalue weighted by Crippen LogP contribution is -2.46. The van der Waals surface area contributed by atoms with Crippen LogP contribution in [0.1, 0.15) is 26.7 Å². The van der Waals surface area contributed by atoms with E-state index in [4.69, 9.17) is 5.73 Å². The molecule has 0 aliphatic heterocycles. The van der Waals surface area contributed by atoms with Crippen molar-refractivity contribution in [3.63, 3.8) is 0 Å². The monoisotopic (exact) mass is 229 g/mol. The van der Waals surface area contributed by atoms with Crippen molar-refractivity contribution in [1.29, 1.82) is 0 Å². The first-order chi connectivity index (χ1) is 7.40. The molecule has 16 heavy (non-hydrogen) atoms. The van der Waals surface area contributed by atoms with E-state index in [-0.39, 0.29) is 17.9 Å². The van der Waals surface area contributed by atoms with Gasteiger partial charge in [0.15, 0.2) is 0 Å². The molecule has 0 spiro atoms. The molecule has 0 heterocycles. The van der Waals surface area contributed by atoms with Crippen LogP contribution in [0.15, 0.2) is 0 Å². The maximum Gasteiger partial charge on any atom is 0.239 e. The molecule has 4 nitrogen and oxygen atoms in total. The quantitative estimate of drug-likeness (QED) is 0.701. The van der Waals surface area contributed by atoms with Gasteiger partial charge in [0.1, 0.15) is 0 Å². The molecule has 0 saturated heterocycles. The SMILES string of the molecule is CCC(C)C(N)C(=O)N(C)CCCN(C)C. The van der Waals surface area contributed by atoms with E-state index >= 15 is 0 Å². The van der Waals surface area contributed by atoms with Crippen LogP contribution in [-0.4, -0.2) is 56.0 Å². The van der Waals surface area contributed by atoms with Gasteiger partial charge >= 0.3 is 0 Å². The van der Waals surface area contributed by atoms with Crippen LogP contribution in [0.4, 0.5) is 0 Å². The normalized spacial score (nSPS) is 14.9. The summed E-state index contributed by atoms with van der Waals surface area (Å²) in [6.45, 7) is 5.86. The van der Waals surface area contributed by atoms with Crippen molar-refractivity contribution in [1.82, 2.24) is 9.80 Å². The molecule has 0 rings (SSSR count). The van der Waals surface area contributed by atoms with E-state index in [2.05, 4.69) is 11.8 Å². The number of carbonyl (C=O) groups excluding carboxylic acids is 1. The summed E-state index contributed by atoms with van der Waals surface area (Å²) in [5, 5.41) is 0. The van der Waals surface area contributed by atoms with Crippen LogP contribution in [0, 0.1) is 5.92 Å². The molecular formula is C12H27N3O. The fourth-order valence-electron chi connectivity index (χ4n) is 1.49. The van der Waals surface area contributed by atoms with Crippen molar-refractivity contribution in [2.45, 2.75) is 32.7 Å². The number of nitrogens with zero attached hydrogens (tertiary/aromatic N) is 2. The first-order valence-corrected chi connectivity index (χ1v) is 6.05. The lowest BCUT2D eigenvalue weighted by Gasteiger charge is -2.25. The van der Waals surface area contributed by atoms with Crippen molar-refractivity contribution in [3.8, 4) is 0 Å². The van der Waals surface area contributed by atoms with Crippen molar-refractivity contribution in [2.24, 2.45) is 11.7 Å². The molecule has 0 bridgehead atoms. The number of carbonyl (C=O) groups is 1. The molecule has 2 atom stereocenters. The van der Waals surface area contributed by atoms with Gasteiger partial charge < -0.3 is 15.5 Å². The van der Waals surface area contributed by atoms with Gasteiger partial charge in [-0.25, -0.2) is 0 Å². The summed E-state index contributed by atoms with van der Waals surface area (Å²) in [4.78, 5) is 15.8. The van der Waals surface area contributed by atoms with E-state index in [9.17, 15) is 4.79 Å². The summed E-state index contributed by atoms with van der Waals surface area (Å²) >= 11 is 0. The van der Waals surface area contributed by atoms with Crippen molar-refractivity contribution in [2.75, 3.05) is 34.2 Å². The molecule has 0 radical (unpaired) electrons. The van der Waals surface area contributed by atoms with Crippen LogP contribution >= 0.6 is 0 Å². The lowest BCUT2D eigenvalue weighted by molar-refractivity contribution is -0.132. The number of hydrogen-bond donors (Lipinski definition) is 1. The fraction of sp³-hybridized carbons (Fsp3) is 0.917. The molecule has 0 saturated carbocycles. The number of nitrogens with two attached hydrogens (primary N) is 1. The highest BCUT2D eigenvalue weighted by Crippen LogP contribution is 2.07. The van der Waals surface area contributed by atoms with E-state index in [0.29, 0.717) is 0 Å². The molecule has 0 aliphatic rings. The highest BCUT2D eigenvalue weighted by Gasteiger charge is 2.22. The Morgan fingerprint density at radius 3 is 2.25 bits per heavy atom. The Morgan fingerprint density at radius 2 is 1.81 bits per heavy atom. The van der Waals surface area contributed by atoms with E-state index < -0.39 is 0 Å². The Labute approximate surface area is 99.8 Å². The van der Waals surface area contributed by atoms with Gasteiger partial charge in [0, 0.05) is 13.6 Å². The Balaban J connectivity index is 3.98. The highest BCUT2D eigenvalue weighted by molar-refractivity contribution is 5.81. The van der Waals surface area contributed by atoms with Crippen LogP contribution in [0.2, 0.25) is 0 Å². The summed E-state index contributed by atoms with van der Waals surface area (Å²) in [6.07, 6.45) is 1.93. The minimum absolute atomic E-state index is 0.0631. The van der Waals surface area contributed by atoms with Crippen molar-refractivity contribution < 1.29 is 4.79 Å². The van der Waals surface area contributed by atoms with E-state index in [1.54, 1.807) is 4.90 Å². The third-order valence-corrected chi connectivity index (χ3v) is 3.02. The van der Waals surface area contributed by atoms with Crippen molar-refractivity contribution in [3.05, 3.63) is 0 Å². The third kappa shape index (κ3) is 5.47. The minimum Gasteiger partial charge on any atom is -0.344 e.